The van der Waals surface area contributed by atoms with Gasteiger partial charge >= 0.3 is 54.7 Å². The Morgan fingerprint density at radius 2 is 0.547 bits per heavy atom. The van der Waals surface area contributed by atoms with Crippen molar-refractivity contribution in [1.82, 2.24) is 0 Å². The van der Waals surface area contributed by atoms with E-state index < -0.39 is 33.1 Å². The average molecular weight is 2070 g/mol. The topological polar surface area (TPSA) is 269 Å². The average Bonchev–Trinajstić information content (AvgIpc) is 1.57. The van der Waals surface area contributed by atoms with E-state index >= 15 is 0 Å². The number of thiophene rings is 5. The molecule has 0 saturated heterocycles. The molecule has 17 aromatic rings. The van der Waals surface area contributed by atoms with Gasteiger partial charge in [-0.3, -0.25) is 4.79 Å². The number of esters is 3. The summed E-state index contributed by atoms with van der Waals surface area (Å²) in [5.41, 5.74) is 8.56. The number of carbonyl (C=O) groups excluding carboxylic acids is 4. The summed E-state index contributed by atoms with van der Waals surface area (Å²) in [5, 5.41) is 45.4. The molecule has 0 aliphatic carbocycles. The molecule has 0 unspecified atom stereocenters. The van der Waals surface area contributed by atoms with Crippen molar-refractivity contribution in [2.45, 2.75) is 11.5 Å². The molecule has 0 aliphatic rings. The Morgan fingerprint density at radius 1 is 0.307 bits per heavy atom. The normalized spacial score (nSPS) is 10.3. The number of hydrogen-bond acceptors (Lipinski definition) is 16. The van der Waals surface area contributed by atoms with Crippen molar-refractivity contribution in [2.75, 3.05) is 21.3 Å². The van der Waals surface area contributed by atoms with E-state index in [2.05, 4.69) is 213 Å². The molecule has 25 heteroatoms. The maximum Gasteiger partial charge on any atom is 1.00 e. The number of halogens is 2. The summed E-state index contributed by atoms with van der Waals surface area (Å²) in [6.45, 7) is 0. The van der Waals surface area contributed by atoms with Crippen molar-refractivity contribution in [2.24, 2.45) is 0 Å². The minimum atomic E-state index is -1.99. The Balaban J connectivity index is 0.000000245. The maximum atomic E-state index is 12.1. The van der Waals surface area contributed by atoms with E-state index in [9.17, 15) is 33.6 Å². The third kappa shape index (κ3) is 37.5. The van der Waals surface area contributed by atoms with E-state index in [1.54, 1.807) is 124 Å². The Kier molecular flexibility index (Phi) is 51.4. The van der Waals surface area contributed by atoms with Gasteiger partial charge in [0.1, 0.15) is 23.2 Å². The van der Waals surface area contributed by atoms with Gasteiger partial charge in [0, 0.05) is 24.8 Å². The number of ether oxygens (including phenoxy) is 3. The van der Waals surface area contributed by atoms with Gasteiger partial charge in [-0.15, -0.1) is 56.7 Å². The molecular weight excluding hydrogens is 1970 g/mol. The molecule has 15 nitrogen and oxygen atoms in total. The molecular formula is C112H97Br2LiO15P2S5. The molecule has 5 aromatic heterocycles. The molecule has 0 spiro atoms. The second-order valence-electron chi connectivity index (χ2n) is 28.3. The first-order valence-corrected chi connectivity index (χ1v) is 50.2. The van der Waals surface area contributed by atoms with Gasteiger partial charge in [-0.1, -0.05) is 289 Å². The second-order valence-corrected chi connectivity index (χ2v) is 39.4. The SMILES string of the molecule is COC(=O)c1cccc(/C=C/c2cccs2)c1.COC(=O)c1cccc(CBr)c1.COC(=O)c1cccc(C[P+](c2ccccc2)(c2ccccc2)c2ccccc2)c1.O.O=C(O)c1cccc(/C=C/c2cccs2)c1.O=C(O)c1cccc(/C=C/c2cccs2)c1.O=C(O)c1cccc(/C=C\c2cccs2)c1.O=Cc1cccs1.[Br-].[Li+].[OH-].c1ccc(P(c2ccccc2)c2ccccc2)cc1. The molecule has 0 fully saturated rings. The van der Waals surface area contributed by atoms with Crippen LogP contribution in [0.4, 0.5) is 0 Å². The number of carboxylic acid groups (broad SMARTS) is 3. The molecule has 0 saturated carbocycles. The number of aldehydes is 1. The third-order valence-corrected chi connectivity index (χ3v) is 30.8. The van der Waals surface area contributed by atoms with Gasteiger partial charge in [0.05, 0.1) is 65.7 Å². The van der Waals surface area contributed by atoms with Crippen molar-refractivity contribution >= 4 is 210 Å². The predicted molar refractivity (Wildman–Crippen MR) is 568 cm³/mol. The van der Waals surface area contributed by atoms with E-state index in [0.29, 0.717) is 33.4 Å². The summed E-state index contributed by atoms with van der Waals surface area (Å²) in [6, 6.07) is 127. The number of carbonyl (C=O) groups is 7. The number of hydrogen-bond donors (Lipinski definition) is 3. The number of rotatable bonds is 24. The Labute approximate surface area is 851 Å². The smallest absolute Gasteiger partial charge is 1.00 e. The molecule has 5 heterocycles. The summed E-state index contributed by atoms with van der Waals surface area (Å²) in [6.07, 6.45) is 17.4. The first kappa shape index (κ1) is 113. The van der Waals surface area contributed by atoms with Crippen LogP contribution in [0.1, 0.15) is 125 Å². The van der Waals surface area contributed by atoms with E-state index in [0.717, 1.165) is 70.7 Å². The zero-order valence-electron chi connectivity index (χ0n) is 75.0. The summed E-state index contributed by atoms with van der Waals surface area (Å²) in [4.78, 5) is 82.1. The van der Waals surface area contributed by atoms with Crippen LogP contribution in [0.5, 0.6) is 0 Å². The fourth-order valence-corrected chi connectivity index (χ4v) is 22.7. The van der Waals surface area contributed by atoms with Crippen LogP contribution in [-0.2, 0) is 25.7 Å². The number of alkyl halides is 1. The van der Waals surface area contributed by atoms with E-state index in [-0.39, 0.29) is 64.7 Å². The summed E-state index contributed by atoms with van der Waals surface area (Å²) in [5.74, 6) is -3.60. The summed E-state index contributed by atoms with van der Waals surface area (Å²) >= 11 is 11.4. The van der Waals surface area contributed by atoms with Gasteiger partial charge in [-0.05, 0) is 248 Å². The van der Waals surface area contributed by atoms with Crippen LogP contribution in [0.2, 0.25) is 0 Å². The van der Waals surface area contributed by atoms with Gasteiger partial charge in [-0.25, -0.2) is 28.8 Å². The third-order valence-electron chi connectivity index (χ3n) is 19.2. The van der Waals surface area contributed by atoms with Gasteiger partial charge in [-0.2, -0.15) is 0 Å². The van der Waals surface area contributed by atoms with Crippen LogP contribution in [0.15, 0.2) is 415 Å². The number of aromatic carboxylic acids is 3. The molecule has 12 aromatic carbocycles. The standard InChI is InChI=1S/C27H24O2P.C18H15P.C14H12O2S.3C13H10O2S.C9H9BrO2.C5H4OS.BrH.Li.2H2O/c1-29-27(28)23-13-11-12-22(20-23)21-30(24-14-5-2-6-15-24,25-16-7-3-8-17-25)26-18-9-4-10-19-26;1-4-10-16(11-5-1)19(17-12-6-2-7-13-17)18-14-8-3-9-15-18;1-16-14(15)12-5-2-4-11(10-12)7-8-13-6-3-9-17-13;3*14-13(15)11-4-1-3-10(9-11)6-7-12-5-2-8-16-12;1-12-9(11)8-4-2-3-7(5-8)6-10;6-4-5-2-1-3-7-5;;;;/h2-20H,21H2,1H3;1-15H;2-10H,1H3;3*1-9H,(H,14,15);2-5H,6H2,1H3;1-4H;1H;;2*1H2/q+1;;;;;;;;;+1;;/p-2/b;;8-7+;2*7-6+;7-6-;;;;;;. The van der Waals surface area contributed by atoms with Crippen LogP contribution in [0.25, 0.3) is 48.6 Å². The van der Waals surface area contributed by atoms with E-state index in [4.69, 9.17) is 20.1 Å². The van der Waals surface area contributed by atoms with Crippen molar-refractivity contribution in [3.8, 4) is 0 Å². The Bertz CT molecular complexity index is 6120. The van der Waals surface area contributed by atoms with Crippen LogP contribution in [0.3, 0.4) is 0 Å². The number of carboxylic acids is 3. The van der Waals surface area contributed by atoms with Crippen LogP contribution in [0, 0.1) is 0 Å². The number of benzene rings is 12. The fourth-order valence-electron chi connectivity index (χ4n) is 12.9. The monoisotopic (exact) mass is 2070 g/mol. The quantitative estimate of drug-likeness (QED) is 0.0127. The van der Waals surface area contributed by atoms with Crippen LogP contribution < -0.4 is 67.7 Å². The molecule has 17 rings (SSSR count). The summed E-state index contributed by atoms with van der Waals surface area (Å²) in [7, 11) is 1.75. The maximum absolute atomic E-state index is 12.1. The zero-order chi connectivity index (χ0) is 94.0. The Morgan fingerprint density at radius 3 is 0.796 bits per heavy atom. The fraction of sp³-hybridized carbons (Fsp3) is 0.0446. The van der Waals surface area contributed by atoms with Gasteiger partial charge in [0.25, 0.3) is 0 Å². The van der Waals surface area contributed by atoms with Gasteiger partial charge < -0.3 is 57.5 Å². The Hall–Kier alpha value is -13.1. The first-order valence-electron chi connectivity index (χ1n) is 41.4. The molecule has 0 amide bonds. The summed E-state index contributed by atoms with van der Waals surface area (Å²) < 4.78 is 14.2. The first-order chi connectivity index (χ1) is 64.9. The second kappa shape index (κ2) is 62.6. The van der Waals surface area contributed by atoms with Crippen LogP contribution >= 0.6 is 87.8 Å². The van der Waals surface area contributed by atoms with Crippen molar-refractivity contribution < 1.29 is 110 Å². The minimum absolute atomic E-state index is 0. The largest absolute Gasteiger partial charge is 1.00 e. The van der Waals surface area contributed by atoms with Crippen molar-refractivity contribution in [1.29, 1.82) is 0 Å². The molecule has 0 aliphatic heterocycles. The molecule has 0 bridgehead atoms. The van der Waals surface area contributed by atoms with Gasteiger partial charge in [0.15, 0.2) is 6.29 Å². The minimum Gasteiger partial charge on any atom is -1.00 e. The molecule has 0 radical (unpaired) electrons. The van der Waals surface area contributed by atoms with Crippen LogP contribution in [-0.4, -0.2) is 89.7 Å². The zero-order valence-corrected chi connectivity index (χ0v) is 84.1. The molecule has 137 heavy (non-hydrogen) atoms. The van der Waals surface area contributed by atoms with Crippen molar-refractivity contribution in [3.63, 3.8) is 0 Å². The predicted octanol–water partition coefficient (Wildman–Crippen LogP) is 19.9. The van der Waals surface area contributed by atoms with Gasteiger partial charge in [0.2, 0.25) is 0 Å². The molecule has 690 valence electrons. The number of methoxy groups -OCH3 is 3. The molecule has 6 N–H and O–H groups in total. The van der Waals surface area contributed by atoms with E-state index in [1.165, 1.54) is 69.4 Å². The molecule has 0 atom stereocenters. The van der Waals surface area contributed by atoms with E-state index in [1.807, 2.05) is 197 Å². The van der Waals surface area contributed by atoms with Crippen molar-refractivity contribution in [3.05, 3.63) is 506 Å².